The molecule has 0 saturated carbocycles. The Morgan fingerprint density at radius 2 is 1.73 bits per heavy atom. The zero-order chi connectivity index (χ0) is 17.8. The summed E-state index contributed by atoms with van der Waals surface area (Å²) in [6.45, 7) is 3.48. The number of ether oxygens (including phenoxy) is 1. The number of aromatic nitrogens is 4. The lowest BCUT2D eigenvalue weighted by atomic mass is 10.1. The van der Waals surface area contributed by atoms with Gasteiger partial charge in [0.2, 0.25) is 0 Å². The van der Waals surface area contributed by atoms with Gasteiger partial charge in [-0.05, 0) is 25.1 Å². The smallest absolute Gasteiger partial charge is 0.141 e. The van der Waals surface area contributed by atoms with E-state index in [2.05, 4.69) is 45.0 Å². The van der Waals surface area contributed by atoms with Crippen LogP contribution in [0.15, 0.2) is 72.4 Å². The highest BCUT2D eigenvalue weighted by Crippen LogP contribution is 2.24. The van der Waals surface area contributed by atoms with Gasteiger partial charge in [-0.15, -0.1) is 10.2 Å². The van der Waals surface area contributed by atoms with Crippen LogP contribution in [0.4, 0.5) is 0 Å². The molecular weight excluding hydrogens is 326 g/mol. The Morgan fingerprint density at radius 3 is 2.54 bits per heavy atom. The first kappa shape index (κ1) is 16.1. The standard InChI is InChI=1S/C20H19N5O/c1-16-19(13-23-24-14-21-22-15-24)18-9-5-6-10-20(18)25(16)11-12-26-17-7-3-2-4-8-17/h2-10,13-15H,11-12H2,1H3/b23-13-. The van der Waals surface area contributed by atoms with Crippen molar-refractivity contribution in [1.82, 2.24) is 19.4 Å². The van der Waals surface area contributed by atoms with Gasteiger partial charge < -0.3 is 9.30 Å². The summed E-state index contributed by atoms with van der Waals surface area (Å²) >= 11 is 0. The lowest BCUT2D eigenvalue weighted by Gasteiger charge is -2.10. The molecule has 0 N–H and O–H groups in total. The number of rotatable bonds is 6. The third-order valence-electron chi connectivity index (χ3n) is 4.33. The van der Waals surface area contributed by atoms with Crippen LogP contribution < -0.4 is 4.74 Å². The van der Waals surface area contributed by atoms with Crippen LogP contribution in [0.2, 0.25) is 0 Å². The van der Waals surface area contributed by atoms with Crippen LogP contribution in [0.25, 0.3) is 10.9 Å². The van der Waals surface area contributed by atoms with Gasteiger partial charge >= 0.3 is 0 Å². The molecule has 0 unspecified atom stereocenters. The van der Waals surface area contributed by atoms with Gasteiger partial charge in [0.05, 0.1) is 12.8 Å². The van der Waals surface area contributed by atoms with Gasteiger partial charge in [-0.1, -0.05) is 36.4 Å². The van der Waals surface area contributed by atoms with Crippen LogP contribution in [0.5, 0.6) is 5.75 Å². The van der Waals surface area contributed by atoms with Crippen molar-refractivity contribution in [3.05, 3.63) is 78.5 Å². The van der Waals surface area contributed by atoms with E-state index in [4.69, 9.17) is 4.74 Å². The monoisotopic (exact) mass is 345 g/mol. The van der Waals surface area contributed by atoms with E-state index < -0.39 is 0 Å². The summed E-state index contributed by atoms with van der Waals surface area (Å²) in [6.07, 6.45) is 4.99. The van der Waals surface area contributed by atoms with Gasteiger partial charge in [0.25, 0.3) is 0 Å². The Labute approximate surface area is 151 Å². The summed E-state index contributed by atoms with van der Waals surface area (Å²) in [7, 11) is 0. The van der Waals surface area contributed by atoms with Crippen LogP contribution >= 0.6 is 0 Å². The van der Waals surface area contributed by atoms with E-state index in [1.165, 1.54) is 10.9 Å². The molecule has 0 amide bonds. The van der Waals surface area contributed by atoms with Gasteiger partial charge in [0, 0.05) is 22.2 Å². The molecule has 0 atom stereocenters. The van der Waals surface area contributed by atoms with Crippen molar-refractivity contribution in [2.45, 2.75) is 13.5 Å². The van der Waals surface area contributed by atoms with Gasteiger partial charge in [-0.25, -0.2) is 4.68 Å². The molecule has 0 fully saturated rings. The maximum atomic E-state index is 5.87. The zero-order valence-corrected chi connectivity index (χ0v) is 14.5. The van der Waals surface area contributed by atoms with E-state index in [1.807, 2.05) is 42.6 Å². The van der Waals surface area contributed by atoms with Gasteiger partial charge in [-0.2, -0.15) is 5.10 Å². The van der Waals surface area contributed by atoms with Crippen LogP contribution in [-0.2, 0) is 6.54 Å². The van der Waals surface area contributed by atoms with E-state index in [-0.39, 0.29) is 0 Å². The first-order valence-corrected chi connectivity index (χ1v) is 8.47. The lowest BCUT2D eigenvalue weighted by molar-refractivity contribution is 0.299. The molecule has 26 heavy (non-hydrogen) atoms. The maximum absolute atomic E-state index is 5.87. The summed E-state index contributed by atoms with van der Waals surface area (Å²) in [6, 6.07) is 18.2. The predicted octanol–water partition coefficient (Wildman–Crippen LogP) is 3.50. The Kier molecular flexibility index (Phi) is 4.47. The van der Waals surface area contributed by atoms with E-state index in [9.17, 15) is 0 Å². The Hall–Kier alpha value is -3.41. The molecule has 6 nitrogen and oxygen atoms in total. The Morgan fingerprint density at radius 1 is 1.00 bits per heavy atom. The first-order chi connectivity index (χ1) is 12.8. The molecule has 0 saturated heterocycles. The quantitative estimate of drug-likeness (QED) is 0.503. The molecule has 4 rings (SSSR count). The topological polar surface area (TPSA) is 57.2 Å². The second kappa shape index (κ2) is 7.23. The largest absolute Gasteiger partial charge is 0.492 e. The minimum absolute atomic E-state index is 0.603. The third-order valence-corrected chi connectivity index (χ3v) is 4.33. The third kappa shape index (κ3) is 3.21. The number of fused-ring (bicyclic) bond motifs is 1. The minimum atomic E-state index is 0.603. The van der Waals surface area contributed by atoms with Crippen LogP contribution in [0, 0.1) is 6.92 Å². The summed E-state index contributed by atoms with van der Waals surface area (Å²) in [4.78, 5) is 0. The number of nitrogens with zero attached hydrogens (tertiary/aromatic N) is 5. The summed E-state index contributed by atoms with van der Waals surface area (Å²) in [5.41, 5.74) is 3.42. The molecule has 2 aromatic carbocycles. The van der Waals surface area contributed by atoms with Crippen molar-refractivity contribution in [3.63, 3.8) is 0 Å². The van der Waals surface area contributed by atoms with E-state index in [1.54, 1.807) is 17.3 Å². The lowest BCUT2D eigenvalue weighted by Crippen LogP contribution is -2.09. The van der Waals surface area contributed by atoms with Gasteiger partial charge in [0.15, 0.2) is 0 Å². The minimum Gasteiger partial charge on any atom is -0.492 e. The molecule has 2 aromatic heterocycles. The molecule has 0 aliphatic heterocycles. The van der Waals surface area contributed by atoms with Crippen LogP contribution in [0.3, 0.4) is 0 Å². The summed E-state index contributed by atoms with van der Waals surface area (Å²) in [5.74, 6) is 0.885. The highest BCUT2D eigenvalue weighted by Gasteiger charge is 2.12. The second-order valence-corrected chi connectivity index (χ2v) is 5.92. The molecule has 0 aliphatic carbocycles. The fraction of sp³-hybridized carbons (Fsp3) is 0.150. The summed E-state index contributed by atoms with van der Waals surface area (Å²) < 4.78 is 9.72. The molecule has 2 heterocycles. The van der Waals surface area contributed by atoms with Crippen molar-refractivity contribution < 1.29 is 4.74 Å². The number of para-hydroxylation sites is 2. The predicted molar refractivity (Wildman–Crippen MR) is 102 cm³/mol. The Balaban J connectivity index is 1.61. The van der Waals surface area contributed by atoms with Crippen molar-refractivity contribution in [2.75, 3.05) is 6.61 Å². The molecular formula is C20H19N5O. The van der Waals surface area contributed by atoms with Crippen LogP contribution in [-0.4, -0.2) is 32.3 Å². The van der Waals surface area contributed by atoms with E-state index >= 15 is 0 Å². The van der Waals surface area contributed by atoms with Crippen molar-refractivity contribution in [3.8, 4) is 5.75 Å². The number of hydrogen-bond donors (Lipinski definition) is 0. The number of benzene rings is 2. The Bertz CT molecular complexity index is 1020. The highest BCUT2D eigenvalue weighted by molar-refractivity contribution is 6.01. The molecule has 0 spiro atoms. The zero-order valence-electron chi connectivity index (χ0n) is 14.5. The molecule has 130 valence electrons. The second-order valence-electron chi connectivity index (χ2n) is 5.92. The fourth-order valence-electron chi connectivity index (χ4n) is 3.06. The molecule has 0 bridgehead atoms. The molecule has 0 radical (unpaired) electrons. The summed E-state index contributed by atoms with van der Waals surface area (Å²) in [5, 5.41) is 13.1. The molecule has 4 aromatic rings. The van der Waals surface area contributed by atoms with Crippen molar-refractivity contribution in [2.24, 2.45) is 5.10 Å². The SMILES string of the molecule is Cc1c(/C=N\n2cnnc2)c2ccccc2n1CCOc1ccccc1. The fourth-order valence-corrected chi connectivity index (χ4v) is 3.06. The van der Waals surface area contributed by atoms with Gasteiger partial charge in [-0.3, -0.25) is 0 Å². The van der Waals surface area contributed by atoms with E-state index in [0.29, 0.717) is 6.61 Å². The normalized spacial score (nSPS) is 11.4. The average molecular weight is 345 g/mol. The highest BCUT2D eigenvalue weighted by atomic mass is 16.5. The maximum Gasteiger partial charge on any atom is 0.141 e. The average Bonchev–Trinajstić information content (AvgIpc) is 3.28. The van der Waals surface area contributed by atoms with Crippen LogP contribution in [0.1, 0.15) is 11.3 Å². The van der Waals surface area contributed by atoms with Gasteiger partial charge in [0.1, 0.15) is 25.0 Å². The first-order valence-electron chi connectivity index (χ1n) is 8.47. The van der Waals surface area contributed by atoms with Crippen molar-refractivity contribution >= 4 is 17.1 Å². The number of hydrogen-bond acceptors (Lipinski definition) is 4. The van der Waals surface area contributed by atoms with E-state index in [0.717, 1.165) is 23.6 Å². The molecule has 0 aliphatic rings. The molecule has 6 heteroatoms. The van der Waals surface area contributed by atoms with Crippen molar-refractivity contribution in [1.29, 1.82) is 0 Å².